The smallest absolute Gasteiger partial charge is 0.309 e. The van der Waals surface area contributed by atoms with E-state index in [4.69, 9.17) is 14.6 Å². The number of hydrogen-bond donors (Lipinski definition) is 2. The van der Waals surface area contributed by atoms with Crippen LogP contribution in [0.3, 0.4) is 0 Å². The zero-order valence-corrected chi connectivity index (χ0v) is 16.0. The average Bonchev–Trinajstić information content (AvgIpc) is 3.32. The summed E-state index contributed by atoms with van der Waals surface area (Å²) in [5, 5.41) is 19.7. The van der Waals surface area contributed by atoms with E-state index in [1.54, 1.807) is 6.20 Å². The third-order valence-electron chi connectivity index (χ3n) is 5.36. The van der Waals surface area contributed by atoms with Gasteiger partial charge < -0.3 is 19.9 Å². The highest BCUT2D eigenvalue weighted by Crippen LogP contribution is 2.32. The van der Waals surface area contributed by atoms with Crippen LogP contribution in [0.4, 0.5) is 0 Å². The number of benzene rings is 1. The van der Waals surface area contributed by atoms with Crippen LogP contribution in [0, 0.1) is 0 Å². The monoisotopic (exact) mass is 400 g/mol. The molecule has 2 aliphatic heterocycles. The van der Waals surface area contributed by atoms with Crippen LogP contribution in [0.15, 0.2) is 30.5 Å². The van der Waals surface area contributed by atoms with Gasteiger partial charge >= 0.3 is 5.97 Å². The number of rotatable bonds is 6. The number of amides is 1. The Balaban J connectivity index is 1.32. The van der Waals surface area contributed by atoms with Gasteiger partial charge in [-0.25, -0.2) is 4.68 Å². The highest BCUT2D eigenvalue weighted by Gasteiger charge is 2.41. The average molecular weight is 400 g/mol. The first-order chi connectivity index (χ1) is 14.0. The molecule has 154 valence electrons. The normalized spacial score (nSPS) is 23.9. The number of carboxylic acids is 1. The van der Waals surface area contributed by atoms with E-state index in [9.17, 15) is 9.59 Å². The molecule has 1 aromatic heterocycles. The molecule has 2 aromatic rings. The summed E-state index contributed by atoms with van der Waals surface area (Å²) in [6, 6.07) is 7.51. The number of aliphatic carboxylic acids is 1. The van der Waals surface area contributed by atoms with Crippen molar-refractivity contribution in [2.75, 3.05) is 19.8 Å². The summed E-state index contributed by atoms with van der Waals surface area (Å²) in [6.07, 6.45) is 4.21. The van der Waals surface area contributed by atoms with Crippen molar-refractivity contribution in [3.05, 3.63) is 41.7 Å². The molecule has 1 spiro atoms. The molecule has 2 N–H and O–H groups in total. The van der Waals surface area contributed by atoms with Crippen LogP contribution in [0.2, 0.25) is 0 Å². The third-order valence-corrected chi connectivity index (χ3v) is 5.36. The highest BCUT2D eigenvalue weighted by atomic mass is 16.6. The molecule has 29 heavy (non-hydrogen) atoms. The Morgan fingerprint density at radius 2 is 2.07 bits per heavy atom. The lowest BCUT2D eigenvalue weighted by Crippen LogP contribution is -2.49. The fourth-order valence-corrected chi connectivity index (χ4v) is 3.91. The zero-order chi connectivity index (χ0) is 20.3. The SMILES string of the molecule is O=C(O)Cc1cn(-c2ccc(CC(=O)NC3CCOC4(CCOC4)C3)cc2)nn1. The number of carbonyl (C=O) groups is 2. The van der Waals surface area contributed by atoms with Crippen LogP contribution in [0.5, 0.6) is 0 Å². The van der Waals surface area contributed by atoms with Crippen LogP contribution in [0.1, 0.15) is 30.5 Å². The molecular weight excluding hydrogens is 376 g/mol. The van der Waals surface area contributed by atoms with Crippen molar-refractivity contribution in [2.24, 2.45) is 0 Å². The Labute approximate surface area is 168 Å². The molecule has 0 radical (unpaired) electrons. The van der Waals surface area contributed by atoms with Crippen LogP contribution >= 0.6 is 0 Å². The number of aromatic nitrogens is 3. The molecule has 2 unspecified atom stereocenters. The maximum atomic E-state index is 12.5. The van der Waals surface area contributed by atoms with Gasteiger partial charge in [-0.1, -0.05) is 17.3 Å². The molecule has 1 amide bonds. The lowest BCUT2D eigenvalue weighted by Gasteiger charge is -2.37. The van der Waals surface area contributed by atoms with Gasteiger partial charge in [0.15, 0.2) is 0 Å². The molecule has 2 atom stereocenters. The van der Waals surface area contributed by atoms with Crippen LogP contribution in [-0.4, -0.2) is 63.4 Å². The quantitative estimate of drug-likeness (QED) is 0.740. The van der Waals surface area contributed by atoms with Gasteiger partial charge in [-0.15, -0.1) is 5.10 Å². The first kappa shape index (κ1) is 19.5. The van der Waals surface area contributed by atoms with Gasteiger partial charge in [0.05, 0.1) is 42.6 Å². The third kappa shape index (κ3) is 4.80. The topological polar surface area (TPSA) is 116 Å². The van der Waals surface area contributed by atoms with E-state index in [0.717, 1.165) is 37.1 Å². The maximum Gasteiger partial charge on any atom is 0.309 e. The number of nitrogens with one attached hydrogen (secondary N) is 1. The first-order valence-corrected chi connectivity index (χ1v) is 9.75. The molecule has 0 aliphatic carbocycles. The molecule has 0 saturated carbocycles. The van der Waals surface area contributed by atoms with E-state index >= 15 is 0 Å². The van der Waals surface area contributed by atoms with E-state index in [1.165, 1.54) is 4.68 Å². The lowest BCUT2D eigenvalue weighted by molar-refractivity contribution is -0.136. The highest BCUT2D eigenvalue weighted by molar-refractivity contribution is 5.79. The molecule has 2 aliphatic rings. The molecule has 4 rings (SSSR count). The van der Waals surface area contributed by atoms with Crippen molar-refractivity contribution < 1.29 is 24.2 Å². The van der Waals surface area contributed by atoms with Crippen LogP contribution < -0.4 is 5.32 Å². The number of hydrogen-bond acceptors (Lipinski definition) is 6. The van der Waals surface area contributed by atoms with Gasteiger partial charge in [-0.3, -0.25) is 9.59 Å². The van der Waals surface area contributed by atoms with Gasteiger partial charge in [0.2, 0.25) is 5.91 Å². The summed E-state index contributed by atoms with van der Waals surface area (Å²) in [5.41, 5.74) is 1.81. The second kappa shape index (κ2) is 8.30. The fraction of sp³-hybridized carbons (Fsp3) is 0.500. The van der Waals surface area contributed by atoms with Crippen molar-refractivity contribution >= 4 is 11.9 Å². The molecular formula is C20H24N4O5. The molecule has 1 aromatic carbocycles. The van der Waals surface area contributed by atoms with Gasteiger partial charge in [-0.05, 0) is 30.5 Å². The summed E-state index contributed by atoms with van der Waals surface area (Å²) in [7, 11) is 0. The van der Waals surface area contributed by atoms with Crippen molar-refractivity contribution in [3.63, 3.8) is 0 Å². The maximum absolute atomic E-state index is 12.5. The predicted molar refractivity (Wildman–Crippen MR) is 102 cm³/mol. The van der Waals surface area contributed by atoms with Gasteiger partial charge in [-0.2, -0.15) is 0 Å². The Kier molecular flexibility index (Phi) is 5.59. The Bertz CT molecular complexity index is 873. The van der Waals surface area contributed by atoms with E-state index in [2.05, 4.69) is 15.6 Å². The summed E-state index contributed by atoms with van der Waals surface area (Å²) in [4.78, 5) is 23.2. The van der Waals surface area contributed by atoms with Crippen molar-refractivity contribution in [2.45, 2.75) is 43.7 Å². The fourth-order valence-electron chi connectivity index (χ4n) is 3.91. The Hall–Kier alpha value is -2.78. The van der Waals surface area contributed by atoms with Crippen molar-refractivity contribution in [1.82, 2.24) is 20.3 Å². The largest absolute Gasteiger partial charge is 0.481 e. The summed E-state index contributed by atoms with van der Waals surface area (Å²) < 4.78 is 12.9. The molecule has 2 fully saturated rings. The van der Waals surface area contributed by atoms with E-state index in [1.807, 2.05) is 24.3 Å². The minimum absolute atomic E-state index is 0.0109. The second-order valence-electron chi connectivity index (χ2n) is 7.66. The first-order valence-electron chi connectivity index (χ1n) is 9.75. The molecule has 2 saturated heterocycles. The van der Waals surface area contributed by atoms with E-state index in [0.29, 0.717) is 25.3 Å². The Morgan fingerprint density at radius 3 is 2.79 bits per heavy atom. The van der Waals surface area contributed by atoms with Crippen LogP contribution in [0.25, 0.3) is 5.69 Å². The Morgan fingerprint density at radius 1 is 1.24 bits per heavy atom. The van der Waals surface area contributed by atoms with E-state index < -0.39 is 5.97 Å². The molecule has 9 heteroatoms. The lowest BCUT2D eigenvalue weighted by atomic mass is 9.89. The van der Waals surface area contributed by atoms with Crippen molar-refractivity contribution in [1.29, 1.82) is 0 Å². The van der Waals surface area contributed by atoms with Gasteiger partial charge in [0, 0.05) is 25.7 Å². The second-order valence-corrected chi connectivity index (χ2v) is 7.66. The summed E-state index contributed by atoms with van der Waals surface area (Å²) in [6.45, 7) is 1.97. The summed E-state index contributed by atoms with van der Waals surface area (Å²) >= 11 is 0. The minimum Gasteiger partial charge on any atom is -0.481 e. The number of carboxylic acid groups (broad SMARTS) is 1. The standard InChI is InChI=1S/C20H24N4O5/c25-18(21-15-5-7-29-20(11-15)6-8-28-13-20)9-14-1-3-17(4-2-14)24-12-16(22-23-24)10-19(26)27/h1-4,12,15H,5-11,13H2,(H,21,25)(H,26,27). The van der Waals surface area contributed by atoms with Gasteiger partial charge in [0.25, 0.3) is 0 Å². The number of nitrogens with zero attached hydrogens (tertiary/aromatic N) is 3. The van der Waals surface area contributed by atoms with Crippen molar-refractivity contribution in [3.8, 4) is 5.69 Å². The minimum atomic E-state index is -0.950. The summed E-state index contributed by atoms with van der Waals surface area (Å²) in [5.74, 6) is -0.961. The molecule has 0 bridgehead atoms. The number of carbonyl (C=O) groups excluding carboxylic acids is 1. The van der Waals surface area contributed by atoms with E-state index in [-0.39, 0.29) is 24.0 Å². The zero-order valence-electron chi connectivity index (χ0n) is 16.0. The van der Waals surface area contributed by atoms with Crippen LogP contribution in [-0.2, 0) is 31.9 Å². The molecule has 3 heterocycles. The predicted octanol–water partition coefficient (Wildman–Crippen LogP) is 0.891. The molecule has 9 nitrogen and oxygen atoms in total. The number of ether oxygens (including phenoxy) is 2. The van der Waals surface area contributed by atoms with Gasteiger partial charge in [0.1, 0.15) is 0 Å².